The van der Waals surface area contributed by atoms with Crippen molar-refractivity contribution in [2.75, 3.05) is 0 Å². The van der Waals surface area contributed by atoms with Crippen LogP contribution in [-0.4, -0.2) is 0 Å². The molecule has 1 aromatic carbocycles. The standard InChI is InChI=1S/C14H20S/c1-3-8-14(9-4-2)15-12-13-10-6-5-7-11-13/h5-8,10-11H,3-4,9,12H2,1-2H3/b14-8-. The maximum Gasteiger partial charge on any atom is 0.0228 e. The average molecular weight is 220 g/mol. The summed E-state index contributed by atoms with van der Waals surface area (Å²) in [6, 6.07) is 10.7. The van der Waals surface area contributed by atoms with Crippen LogP contribution in [-0.2, 0) is 5.75 Å². The molecule has 0 spiro atoms. The minimum Gasteiger partial charge on any atom is -0.126 e. The molecule has 0 aliphatic rings. The van der Waals surface area contributed by atoms with Crippen molar-refractivity contribution in [2.45, 2.75) is 38.9 Å². The lowest BCUT2D eigenvalue weighted by molar-refractivity contribution is 0.939. The summed E-state index contributed by atoms with van der Waals surface area (Å²) in [5.41, 5.74) is 1.42. The number of hydrogen-bond donors (Lipinski definition) is 0. The van der Waals surface area contributed by atoms with Gasteiger partial charge >= 0.3 is 0 Å². The molecule has 0 saturated carbocycles. The minimum absolute atomic E-state index is 1.10. The highest BCUT2D eigenvalue weighted by molar-refractivity contribution is 8.02. The van der Waals surface area contributed by atoms with Gasteiger partial charge in [-0.15, -0.1) is 11.8 Å². The number of benzene rings is 1. The Labute approximate surface area is 97.8 Å². The first-order chi connectivity index (χ1) is 7.36. The predicted octanol–water partition coefficient (Wildman–Crippen LogP) is 5.01. The zero-order valence-electron chi connectivity index (χ0n) is 9.70. The fraction of sp³-hybridized carbons (Fsp3) is 0.429. The molecule has 1 rings (SSSR count). The molecule has 0 saturated heterocycles. The highest BCUT2D eigenvalue weighted by atomic mass is 32.2. The Balaban J connectivity index is 2.43. The van der Waals surface area contributed by atoms with Gasteiger partial charge in [-0.3, -0.25) is 0 Å². The quantitative estimate of drug-likeness (QED) is 0.649. The van der Waals surface area contributed by atoms with Crippen LogP contribution in [0.4, 0.5) is 0 Å². The van der Waals surface area contributed by atoms with Gasteiger partial charge < -0.3 is 0 Å². The van der Waals surface area contributed by atoms with Gasteiger partial charge in [0, 0.05) is 5.75 Å². The van der Waals surface area contributed by atoms with Gasteiger partial charge in [0.05, 0.1) is 0 Å². The maximum absolute atomic E-state index is 2.36. The summed E-state index contributed by atoms with van der Waals surface area (Å²) in [5.74, 6) is 1.10. The third-order valence-corrected chi connectivity index (χ3v) is 3.41. The van der Waals surface area contributed by atoms with E-state index in [4.69, 9.17) is 0 Å². The summed E-state index contributed by atoms with van der Waals surface area (Å²) in [6.07, 6.45) is 5.98. The fourth-order valence-corrected chi connectivity index (χ4v) is 2.63. The van der Waals surface area contributed by atoms with Crippen LogP contribution in [0.15, 0.2) is 41.3 Å². The van der Waals surface area contributed by atoms with Crippen LogP contribution in [0.25, 0.3) is 0 Å². The van der Waals surface area contributed by atoms with Crippen LogP contribution < -0.4 is 0 Å². The molecule has 0 amide bonds. The van der Waals surface area contributed by atoms with Crippen LogP contribution in [0.2, 0.25) is 0 Å². The summed E-state index contributed by atoms with van der Waals surface area (Å²) < 4.78 is 0. The van der Waals surface area contributed by atoms with E-state index >= 15 is 0 Å². The Morgan fingerprint density at radius 1 is 1.20 bits per heavy atom. The molecular formula is C14H20S. The third kappa shape index (κ3) is 5.08. The first-order valence-corrected chi connectivity index (χ1v) is 6.71. The van der Waals surface area contributed by atoms with Gasteiger partial charge in [0.2, 0.25) is 0 Å². The van der Waals surface area contributed by atoms with Crippen LogP contribution >= 0.6 is 11.8 Å². The molecule has 0 heterocycles. The second-order valence-electron chi connectivity index (χ2n) is 3.60. The van der Waals surface area contributed by atoms with E-state index in [1.165, 1.54) is 18.4 Å². The lowest BCUT2D eigenvalue weighted by Gasteiger charge is -2.05. The lowest BCUT2D eigenvalue weighted by atomic mass is 10.2. The first-order valence-electron chi connectivity index (χ1n) is 5.72. The molecule has 0 bridgehead atoms. The Morgan fingerprint density at radius 3 is 2.53 bits per heavy atom. The number of thioether (sulfide) groups is 1. The zero-order chi connectivity index (χ0) is 10.9. The third-order valence-electron chi connectivity index (χ3n) is 2.20. The van der Waals surface area contributed by atoms with Gasteiger partial charge in [-0.2, -0.15) is 0 Å². The zero-order valence-corrected chi connectivity index (χ0v) is 10.5. The molecular weight excluding hydrogens is 200 g/mol. The van der Waals surface area contributed by atoms with Crippen molar-refractivity contribution in [3.8, 4) is 0 Å². The summed E-state index contributed by atoms with van der Waals surface area (Å²) in [7, 11) is 0. The molecule has 0 atom stereocenters. The van der Waals surface area contributed by atoms with Gasteiger partial charge in [-0.25, -0.2) is 0 Å². The van der Waals surface area contributed by atoms with Crippen molar-refractivity contribution in [2.24, 2.45) is 0 Å². The molecule has 1 aromatic rings. The Kier molecular flexibility index (Phi) is 6.26. The SMILES string of the molecule is CC/C=C(/CCC)SCc1ccccc1. The van der Waals surface area contributed by atoms with E-state index in [2.05, 4.69) is 50.3 Å². The first kappa shape index (κ1) is 12.4. The predicted molar refractivity (Wildman–Crippen MR) is 71.0 cm³/mol. The number of rotatable bonds is 6. The summed E-state index contributed by atoms with van der Waals surface area (Å²) >= 11 is 1.98. The summed E-state index contributed by atoms with van der Waals surface area (Å²) in [6.45, 7) is 4.45. The minimum atomic E-state index is 1.10. The van der Waals surface area contributed by atoms with Crippen molar-refractivity contribution >= 4 is 11.8 Å². The molecule has 0 aromatic heterocycles. The van der Waals surface area contributed by atoms with Gasteiger partial charge in [0.25, 0.3) is 0 Å². The van der Waals surface area contributed by atoms with Crippen LogP contribution in [0.3, 0.4) is 0 Å². The van der Waals surface area contributed by atoms with Crippen molar-refractivity contribution in [1.29, 1.82) is 0 Å². The summed E-state index contributed by atoms with van der Waals surface area (Å²) in [4.78, 5) is 1.55. The highest BCUT2D eigenvalue weighted by Crippen LogP contribution is 2.25. The average Bonchev–Trinajstić information content (AvgIpc) is 2.28. The van der Waals surface area contributed by atoms with E-state index in [1.54, 1.807) is 4.91 Å². The van der Waals surface area contributed by atoms with Gasteiger partial charge in [-0.05, 0) is 23.3 Å². The second-order valence-corrected chi connectivity index (χ2v) is 4.70. The molecule has 0 aliphatic carbocycles. The normalized spacial score (nSPS) is 11.7. The van der Waals surface area contributed by atoms with Gasteiger partial charge in [-0.1, -0.05) is 56.7 Å². The molecule has 1 heteroatoms. The Bertz CT molecular complexity index is 287. The van der Waals surface area contributed by atoms with Gasteiger partial charge in [0.1, 0.15) is 0 Å². The fourth-order valence-electron chi connectivity index (χ4n) is 1.46. The van der Waals surface area contributed by atoms with E-state index in [1.807, 2.05) is 11.8 Å². The van der Waals surface area contributed by atoms with E-state index < -0.39 is 0 Å². The molecule has 0 aliphatic heterocycles. The molecule has 0 nitrogen and oxygen atoms in total. The molecule has 82 valence electrons. The largest absolute Gasteiger partial charge is 0.126 e. The second kappa shape index (κ2) is 7.58. The monoisotopic (exact) mass is 220 g/mol. The van der Waals surface area contributed by atoms with Crippen LogP contribution in [0, 0.1) is 0 Å². The lowest BCUT2D eigenvalue weighted by Crippen LogP contribution is -1.82. The maximum atomic E-state index is 2.36. The van der Waals surface area contributed by atoms with E-state index in [0.717, 1.165) is 12.2 Å². The van der Waals surface area contributed by atoms with E-state index in [9.17, 15) is 0 Å². The van der Waals surface area contributed by atoms with Gasteiger partial charge in [0.15, 0.2) is 0 Å². The van der Waals surface area contributed by atoms with Crippen molar-refractivity contribution in [3.63, 3.8) is 0 Å². The summed E-state index contributed by atoms with van der Waals surface area (Å²) in [5, 5.41) is 0. The number of allylic oxidation sites excluding steroid dienone is 2. The highest BCUT2D eigenvalue weighted by Gasteiger charge is 1.97. The van der Waals surface area contributed by atoms with Crippen LogP contribution in [0.5, 0.6) is 0 Å². The Morgan fingerprint density at radius 2 is 1.93 bits per heavy atom. The van der Waals surface area contributed by atoms with E-state index in [-0.39, 0.29) is 0 Å². The van der Waals surface area contributed by atoms with Crippen LogP contribution in [0.1, 0.15) is 38.7 Å². The topological polar surface area (TPSA) is 0 Å². The van der Waals surface area contributed by atoms with E-state index in [0.29, 0.717) is 0 Å². The molecule has 0 fully saturated rings. The van der Waals surface area contributed by atoms with Crippen molar-refractivity contribution in [3.05, 3.63) is 46.9 Å². The smallest absolute Gasteiger partial charge is 0.0228 e. The molecule has 15 heavy (non-hydrogen) atoms. The molecule has 0 unspecified atom stereocenters. The molecule has 0 radical (unpaired) electrons. The Hall–Kier alpha value is -0.690. The van der Waals surface area contributed by atoms with Crippen molar-refractivity contribution in [1.82, 2.24) is 0 Å². The van der Waals surface area contributed by atoms with Crippen molar-refractivity contribution < 1.29 is 0 Å². The number of hydrogen-bond acceptors (Lipinski definition) is 1. The molecule has 0 N–H and O–H groups in total.